The van der Waals surface area contributed by atoms with Crippen LogP contribution in [-0.2, 0) is 11.8 Å². The van der Waals surface area contributed by atoms with Gasteiger partial charge in [0.15, 0.2) is 5.60 Å². The molecule has 0 aliphatic carbocycles. The first-order valence-corrected chi connectivity index (χ1v) is 8.24. The van der Waals surface area contributed by atoms with E-state index in [1.165, 1.54) is 12.1 Å². The lowest BCUT2D eigenvalue weighted by Crippen LogP contribution is -2.41. The van der Waals surface area contributed by atoms with Crippen LogP contribution in [0.25, 0.3) is 0 Å². The third kappa shape index (κ3) is 2.43. The Morgan fingerprint density at radius 2 is 1.84 bits per heavy atom. The molecule has 25 heavy (non-hydrogen) atoms. The number of aliphatic hydroxyl groups is 1. The van der Waals surface area contributed by atoms with Gasteiger partial charge in [-0.1, -0.05) is 30.3 Å². The fourth-order valence-corrected chi connectivity index (χ4v) is 3.64. The van der Waals surface area contributed by atoms with Gasteiger partial charge in [0, 0.05) is 24.3 Å². The van der Waals surface area contributed by atoms with Crippen LogP contribution in [0.2, 0.25) is 0 Å². The Morgan fingerprint density at radius 1 is 1.04 bits per heavy atom. The summed E-state index contributed by atoms with van der Waals surface area (Å²) in [5, 5.41) is 11.6. The molecule has 1 unspecified atom stereocenters. The zero-order chi connectivity index (χ0) is 17.7. The quantitative estimate of drug-likeness (QED) is 0.849. The minimum Gasteiger partial charge on any atom is -0.373 e. The summed E-state index contributed by atoms with van der Waals surface area (Å²) in [4.78, 5) is 6.47. The fourth-order valence-electron chi connectivity index (χ4n) is 3.64. The van der Waals surface area contributed by atoms with E-state index in [0.29, 0.717) is 24.5 Å². The number of anilines is 1. The van der Waals surface area contributed by atoms with Crippen molar-refractivity contribution in [2.24, 2.45) is 4.99 Å². The highest BCUT2D eigenvalue weighted by molar-refractivity contribution is 6.12. The standard InChI is InChI=1S/C19H17F3N2O/c20-19(21,22)14-7-5-6-13(12-14)18(25)15-8-1-2-9-16(15)24-11-4-3-10-23-17(18)24/h1-2,5-9,12,25H,3-4,10-11H2. The van der Waals surface area contributed by atoms with Crippen LogP contribution in [-0.4, -0.2) is 24.0 Å². The average molecular weight is 346 g/mol. The van der Waals surface area contributed by atoms with Crippen molar-refractivity contribution in [2.75, 3.05) is 18.0 Å². The van der Waals surface area contributed by atoms with Crippen LogP contribution in [0.3, 0.4) is 0 Å². The molecule has 3 nitrogen and oxygen atoms in total. The van der Waals surface area contributed by atoms with Gasteiger partial charge in [0.2, 0.25) is 0 Å². The van der Waals surface area contributed by atoms with Crippen LogP contribution in [0.5, 0.6) is 0 Å². The lowest BCUT2D eigenvalue weighted by atomic mass is 9.86. The zero-order valence-electron chi connectivity index (χ0n) is 13.4. The number of hydrogen-bond acceptors (Lipinski definition) is 3. The molecular formula is C19H17F3N2O. The van der Waals surface area contributed by atoms with E-state index < -0.39 is 17.3 Å². The first-order valence-electron chi connectivity index (χ1n) is 8.24. The summed E-state index contributed by atoms with van der Waals surface area (Å²) in [5.41, 5.74) is -0.859. The number of amidine groups is 1. The number of rotatable bonds is 1. The van der Waals surface area contributed by atoms with Gasteiger partial charge in [-0.15, -0.1) is 0 Å². The Hall–Kier alpha value is -2.34. The van der Waals surface area contributed by atoms with Gasteiger partial charge in [-0.3, -0.25) is 4.99 Å². The third-order valence-corrected chi connectivity index (χ3v) is 4.82. The largest absolute Gasteiger partial charge is 0.416 e. The summed E-state index contributed by atoms with van der Waals surface area (Å²) in [7, 11) is 0. The lowest BCUT2D eigenvalue weighted by Gasteiger charge is -2.27. The van der Waals surface area contributed by atoms with E-state index >= 15 is 0 Å². The summed E-state index contributed by atoms with van der Waals surface area (Å²) in [6.07, 6.45) is -2.66. The minimum absolute atomic E-state index is 0.193. The predicted octanol–water partition coefficient (Wildman–Crippen LogP) is 3.95. The molecule has 6 heteroatoms. The van der Waals surface area contributed by atoms with Crippen LogP contribution in [0.1, 0.15) is 29.5 Å². The van der Waals surface area contributed by atoms with Crippen LogP contribution in [0, 0.1) is 0 Å². The number of fused-ring (bicyclic) bond motifs is 3. The van der Waals surface area contributed by atoms with E-state index in [0.717, 1.165) is 30.7 Å². The van der Waals surface area contributed by atoms with Crippen molar-refractivity contribution >= 4 is 11.5 Å². The van der Waals surface area contributed by atoms with E-state index in [4.69, 9.17) is 0 Å². The van der Waals surface area contributed by atoms with Crippen molar-refractivity contribution in [1.29, 1.82) is 0 Å². The molecule has 2 aromatic carbocycles. The van der Waals surface area contributed by atoms with Gasteiger partial charge in [-0.05, 0) is 36.6 Å². The lowest BCUT2D eigenvalue weighted by molar-refractivity contribution is -0.137. The minimum atomic E-state index is -4.46. The molecule has 0 amide bonds. The number of aliphatic imine (C=N–C) groups is 1. The molecule has 0 fully saturated rings. The Morgan fingerprint density at radius 3 is 2.64 bits per heavy atom. The van der Waals surface area contributed by atoms with E-state index in [1.54, 1.807) is 12.1 Å². The van der Waals surface area contributed by atoms with Gasteiger partial charge in [-0.25, -0.2) is 0 Å². The fraction of sp³-hybridized carbons (Fsp3) is 0.316. The molecule has 0 aromatic heterocycles. The number of hydrogen-bond donors (Lipinski definition) is 1. The summed E-state index contributed by atoms with van der Waals surface area (Å²) in [6, 6.07) is 12.2. The molecule has 4 rings (SSSR count). The van der Waals surface area contributed by atoms with E-state index in [9.17, 15) is 18.3 Å². The highest BCUT2D eigenvalue weighted by Gasteiger charge is 2.49. The monoisotopic (exact) mass is 346 g/mol. The van der Waals surface area contributed by atoms with Gasteiger partial charge in [0.05, 0.1) is 5.56 Å². The summed E-state index contributed by atoms with van der Waals surface area (Å²) in [6.45, 7) is 1.25. The van der Waals surface area contributed by atoms with Crippen LogP contribution in [0.15, 0.2) is 53.5 Å². The topological polar surface area (TPSA) is 35.8 Å². The molecule has 2 heterocycles. The van der Waals surface area contributed by atoms with Crippen LogP contribution >= 0.6 is 0 Å². The maximum atomic E-state index is 13.2. The summed E-state index contributed by atoms with van der Waals surface area (Å²) < 4.78 is 39.5. The SMILES string of the molecule is OC1(c2cccc(C(F)(F)F)c2)C2=NCCCCN2c2ccccc21. The molecule has 1 N–H and O–H groups in total. The molecule has 0 spiro atoms. The maximum absolute atomic E-state index is 13.2. The van der Waals surface area contributed by atoms with Gasteiger partial charge >= 0.3 is 6.18 Å². The maximum Gasteiger partial charge on any atom is 0.416 e. The first-order chi connectivity index (χ1) is 11.9. The number of benzene rings is 2. The number of halogens is 3. The summed E-state index contributed by atoms with van der Waals surface area (Å²) in [5.74, 6) is 0.422. The smallest absolute Gasteiger partial charge is 0.373 e. The van der Waals surface area contributed by atoms with E-state index in [1.807, 2.05) is 17.0 Å². The Balaban J connectivity index is 1.94. The van der Waals surface area contributed by atoms with Gasteiger partial charge in [-0.2, -0.15) is 13.2 Å². The predicted molar refractivity (Wildman–Crippen MR) is 89.8 cm³/mol. The van der Waals surface area contributed by atoms with Crippen molar-refractivity contribution < 1.29 is 18.3 Å². The molecule has 0 saturated carbocycles. The van der Waals surface area contributed by atoms with Crippen molar-refractivity contribution in [3.63, 3.8) is 0 Å². The van der Waals surface area contributed by atoms with E-state index in [2.05, 4.69) is 4.99 Å². The molecule has 2 aromatic rings. The zero-order valence-corrected chi connectivity index (χ0v) is 13.4. The van der Waals surface area contributed by atoms with Crippen molar-refractivity contribution in [2.45, 2.75) is 24.6 Å². The molecule has 0 bridgehead atoms. The molecule has 2 aliphatic heterocycles. The van der Waals surface area contributed by atoms with Crippen molar-refractivity contribution in [3.8, 4) is 0 Å². The van der Waals surface area contributed by atoms with Crippen molar-refractivity contribution in [1.82, 2.24) is 0 Å². The molecule has 2 aliphatic rings. The number of alkyl halides is 3. The molecule has 1 atom stereocenters. The molecule has 130 valence electrons. The van der Waals surface area contributed by atoms with Crippen LogP contribution < -0.4 is 4.90 Å². The Kier molecular flexibility index (Phi) is 3.61. The van der Waals surface area contributed by atoms with Gasteiger partial charge in [0.25, 0.3) is 0 Å². The second-order valence-corrected chi connectivity index (χ2v) is 6.37. The number of para-hydroxylation sites is 1. The normalized spacial score (nSPS) is 22.9. The molecule has 0 radical (unpaired) electrons. The van der Waals surface area contributed by atoms with Gasteiger partial charge in [0.1, 0.15) is 5.84 Å². The van der Waals surface area contributed by atoms with Crippen LogP contribution in [0.4, 0.5) is 18.9 Å². The second kappa shape index (κ2) is 5.59. The third-order valence-electron chi connectivity index (χ3n) is 4.82. The first kappa shape index (κ1) is 16.1. The second-order valence-electron chi connectivity index (χ2n) is 6.37. The number of nitrogens with zero attached hydrogens (tertiary/aromatic N) is 2. The molecular weight excluding hydrogens is 329 g/mol. The highest BCUT2D eigenvalue weighted by atomic mass is 19.4. The average Bonchev–Trinajstić information content (AvgIpc) is 2.76. The Labute approximate surface area is 143 Å². The Bertz CT molecular complexity index is 847. The molecule has 0 saturated heterocycles. The van der Waals surface area contributed by atoms with E-state index in [-0.39, 0.29) is 5.56 Å². The summed E-state index contributed by atoms with van der Waals surface area (Å²) >= 11 is 0. The highest BCUT2D eigenvalue weighted by Crippen LogP contribution is 2.46. The van der Waals surface area contributed by atoms with Crippen molar-refractivity contribution in [3.05, 3.63) is 65.2 Å². The van der Waals surface area contributed by atoms with Gasteiger partial charge < -0.3 is 10.0 Å².